The second kappa shape index (κ2) is 7.46. The highest BCUT2D eigenvalue weighted by atomic mass is 16.5. The Morgan fingerprint density at radius 2 is 1.45 bits per heavy atom. The van der Waals surface area contributed by atoms with E-state index in [0.717, 1.165) is 11.1 Å². The van der Waals surface area contributed by atoms with Gasteiger partial charge in [0.25, 0.3) is 0 Å². The number of esters is 1. The lowest BCUT2D eigenvalue weighted by molar-refractivity contribution is -0.147. The number of nitrogens with two attached hydrogens (primary N) is 1. The summed E-state index contributed by atoms with van der Waals surface area (Å²) < 4.78 is 5.63. The van der Waals surface area contributed by atoms with Crippen LogP contribution in [0.4, 0.5) is 0 Å². The Hall–Kier alpha value is -2.13. The van der Waals surface area contributed by atoms with Gasteiger partial charge in [0.05, 0.1) is 0 Å². The second-order valence-corrected chi connectivity index (χ2v) is 4.58. The third-order valence-electron chi connectivity index (χ3n) is 3.04. The molecule has 0 atom stereocenters. The van der Waals surface area contributed by atoms with E-state index in [-0.39, 0.29) is 12.1 Å². The van der Waals surface area contributed by atoms with Gasteiger partial charge < -0.3 is 10.5 Å². The summed E-state index contributed by atoms with van der Waals surface area (Å²) in [5.41, 5.74) is 7.37. The number of rotatable bonds is 6. The molecule has 0 amide bonds. The maximum absolute atomic E-state index is 11.9. The fraction of sp³-hybridized carbons (Fsp3) is 0.235. The molecule has 20 heavy (non-hydrogen) atoms. The third kappa shape index (κ3) is 3.93. The molecule has 0 aliphatic carbocycles. The summed E-state index contributed by atoms with van der Waals surface area (Å²) in [7, 11) is 0. The zero-order valence-electron chi connectivity index (χ0n) is 11.4. The molecule has 0 saturated carbocycles. The van der Waals surface area contributed by atoms with Crippen LogP contribution in [0.1, 0.15) is 30.1 Å². The zero-order chi connectivity index (χ0) is 14.2. The summed E-state index contributed by atoms with van der Waals surface area (Å²) >= 11 is 0. The second-order valence-electron chi connectivity index (χ2n) is 4.58. The Labute approximate surface area is 119 Å². The van der Waals surface area contributed by atoms with E-state index in [1.165, 1.54) is 0 Å². The number of carbonyl (C=O) groups is 1. The van der Waals surface area contributed by atoms with Gasteiger partial charge in [0, 0.05) is 6.42 Å². The van der Waals surface area contributed by atoms with Gasteiger partial charge in [0.1, 0.15) is 0 Å². The number of hydrogen-bond acceptors (Lipinski definition) is 3. The van der Waals surface area contributed by atoms with Crippen molar-refractivity contribution >= 4 is 5.97 Å². The van der Waals surface area contributed by atoms with Gasteiger partial charge in [-0.1, -0.05) is 60.7 Å². The van der Waals surface area contributed by atoms with E-state index in [1.54, 1.807) is 0 Å². The minimum atomic E-state index is -0.359. The summed E-state index contributed by atoms with van der Waals surface area (Å²) in [5, 5.41) is 0. The van der Waals surface area contributed by atoms with Crippen LogP contribution >= 0.6 is 0 Å². The zero-order valence-corrected chi connectivity index (χ0v) is 11.4. The molecule has 0 aliphatic heterocycles. The first-order valence-corrected chi connectivity index (χ1v) is 6.80. The Kier molecular flexibility index (Phi) is 5.33. The molecule has 0 fully saturated rings. The standard InChI is InChI=1S/C17H19NO2/c18-13-7-12-16(19)20-17(14-8-3-1-4-9-14)15-10-5-2-6-11-15/h1-6,8-11,17H,7,12-13,18H2. The normalized spacial score (nSPS) is 10.5. The molecule has 0 aromatic heterocycles. The van der Waals surface area contributed by atoms with E-state index in [4.69, 9.17) is 10.5 Å². The van der Waals surface area contributed by atoms with Crippen molar-refractivity contribution in [3.63, 3.8) is 0 Å². The highest BCUT2D eigenvalue weighted by molar-refractivity contribution is 5.70. The van der Waals surface area contributed by atoms with Crippen LogP contribution in [0.15, 0.2) is 60.7 Å². The minimum absolute atomic E-state index is 0.215. The molecule has 3 heteroatoms. The van der Waals surface area contributed by atoms with E-state index in [0.29, 0.717) is 19.4 Å². The molecule has 2 aromatic rings. The van der Waals surface area contributed by atoms with Crippen LogP contribution in [0.2, 0.25) is 0 Å². The van der Waals surface area contributed by atoms with Gasteiger partial charge in [0.2, 0.25) is 0 Å². The highest BCUT2D eigenvalue weighted by Crippen LogP contribution is 2.26. The molecule has 0 saturated heterocycles. The van der Waals surface area contributed by atoms with Crippen LogP contribution in [0, 0.1) is 0 Å². The molecule has 104 valence electrons. The van der Waals surface area contributed by atoms with Gasteiger partial charge in [-0.2, -0.15) is 0 Å². The maximum Gasteiger partial charge on any atom is 0.306 e. The SMILES string of the molecule is NCCCC(=O)OC(c1ccccc1)c1ccccc1. The Bertz CT molecular complexity index is 486. The Balaban J connectivity index is 2.19. The van der Waals surface area contributed by atoms with Crippen molar-refractivity contribution in [2.24, 2.45) is 5.73 Å². The molecule has 3 nitrogen and oxygen atoms in total. The smallest absolute Gasteiger partial charge is 0.306 e. The first kappa shape index (κ1) is 14.3. The summed E-state index contributed by atoms with van der Waals surface area (Å²) in [5.74, 6) is -0.215. The predicted octanol–water partition coefficient (Wildman–Crippen LogP) is 3.06. The van der Waals surface area contributed by atoms with Crippen molar-refractivity contribution in [2.45, 2.75) is 18.9 Å². The van der Waals surface area contributed by atoms with Crippen molar-refractivity contribution in [2.75, 3.05) is 6.54 Å². The molecule has 0 radical (unpaired) electrons. The van der Waals surface area contributed by atoms with Gasteiger partial charge in [-0.15, -0.1) is 0 Å². The largest absolute Gasteiger partial charge is 0.453 e. The predicted molar refractivity (Wildman–Crippen MR) is 79.1 cm³/mol. The fourth-order valence-electron chi connectivity index (χ4n) is 2.02. The summed E-state index contributed by atoms with van der Waals surface area (Å²) in [6, 6.07) is 19.5. The lowest BCUT2D eigenvalue weighted by Gasteiger charge is -2.18. The van der Waals surface area contributed by atoms with Gasteiger partial charge in [0.15, 0.2) is 6.10 Å². The number of ether oxygens (including phenoxy) is 1. The van der Waals surface area contributed by atoms with Crippen LogP contribution in [0.5, 0.6) is 0 Å². The van der Waals surface area contributed by atoms with E-state index in [9.17, 15) is 4.79 Å². The highest BCUT2D eigenvalue weighted by Gasteiger charge is 2.18. The third-order valence-corrected chi connectivity index (χ3v) is 3.04. The molecule has 0 bridgehead atoms. The number of hydrogen-bond donors (Lipinski definition) is 1. The van der Waals surface area contributed by atoms with Crippen molar-refractivity contribution in [3.05, 3.63) is 71.8 Å². The Morgan fingerprint density at radius 1 is 0.950 bits per heavy atom. The van der Waals surface area contributed by atoms with Crippen LogP contribution in [-0.2, 0) is 9.53 Å². The lowest BCUT2D eigenvalue weighted by Crippen LogP contribution is -2.14. The molecular weight excluding hydrogens is 250 g/mol. The van der Waals surface area contributed by atoms with Crippen LogP contribution in [0.3, 0.4) is 0 Å². The summed E-state index contributed by atoms with van der Waals surface area (Å²) in [6.45, 7) is 0.496. The molecule has 2 N–H and O–H groups in total. The van der Waals surface area contributed by atoms with Gasteiger partial charge in [-0.25, -0.2) is 0 Å². The van der Waals surface area contributed by atoms with Crippen LogP contribution in [0.25, 0.3) is 0 Å². The lowest BCUT2D eigenvalue weighted by atomic mass is 10.0. The average molecular weight is 269 g/mol. The van der Waals surface area contributed by atoms with E-state index < -0.39 is 0 Å². The Morgan fingerprint density at radius 3 is 1.90 bits per heavy atom. The van der Waals surface area contributed by atoms with Crippen molar-refractivity contribution in [3.8, 4) is 0 Å². The molecule has 2 rings (SSSR count). The molecule has 2 aromatic carbocycles. The molecule has 0 unspecified atom stereocenters. The van der Waals surface area contributed by atoms with Gasteiger partial charge >= 0.3 is 5.97 Å². The molecular formula is C17H19NO2. The minimum Gasteiger partial charge on any atom is -0.453 e. The quantitative estimate of drug-likeness (QED) is 0.820. The molecule has 0 heterocycles. The maximum atomic E-state index is 11.9. The van der Waals surface area contributed by atoms with E-state index in [1.807, 2.05) is 60.7 Å². The molecule has 0 spiro atoms. The van der Waals surface area contributed by atoms with Crippen LogP contribution < -0.4 is 5.73 Å². The van der Waals surface area contributed by atoms with Gasteiger partial charge in [-0.05, 0) is 24.1 Å². The van der Waals surface area contributed by atoms with Gasteiger partial charge in [-0.3, -0.25) is 4.79 Å². The molecule has 0 aliphatic rings. The summed E-state index contributed by atoms with van der Waals surface area (Å²) in [4.78, 5) is 11.9. The van der Waals surface area contributed by atoms with Crippen LogP contribution in [-0.4, -0.2) is 12.5 Å². The number of carbonyl (C=O) groups excluding carboxylic acids is 1. The summed E-state index contributed by atoms with van der Waals surface area (Å²) in [6.07, 6.45) is 0.643. The van der Waals surface area contributed by atoms with E-state index in [2.05, 4.69) is 0 Å². The van der Waals surface area contributed by atoms with E-state index >= 15 is 0 Å². The van der Waals surface area contributed by atoms with Crippen molar-refractivity contribution in [1.82, 2.24) is 0 Å². The first-order chi connectivity index (χ1) is 9.81. The first-order valence-electron chi connectivity index (χ1n) is 6.80. The average Bonchev–Trinajstić information content (AvgIpc) is 2.52. The van der Waals surface area contributed by atoms with Crippen molar-refractivity contribution < 1.29 is 9.53 Å². The fourth-order valence-corrected chi connectivity index (χ4v) is 2.02. The van der Waals surface area contributed by atoms with Crippen molar-refractivity contribution in [1.29, 1.82) is 0 Å². The monoisotopic (exact) mass is 269 g/mol. The number of benzene rings is 2. The topological polar surface area (TPSA) is 52.3 Å².